The molecule has 3 nitrogen and oxygen atoms in total. The molecule has 0 aliphatic carbocycles. The zero-order chi connectivity index (χ0) is 22.8. The van der Waals surface area contributed by atoms with E-state index in [0.29, 0.717) is 11.8 Å². The lowest BCUT2D eigenvalue weighted by Gasteiger charge is -2.32. The Labute approximate surface area is 187 Å². The first-order valence-corrected chi connectivity index (χ1v) is 11.0. The number of rotatable bonds is 7. The van der Waals surface area contributed by atoms with Gasteiger partial charge in [0.25, 0.3) is 0 Å². The molecule has 0 heterocycles. The minimum Gasteiger partial charge on any atom is -0.497 e. The van der Waals surface area contributed by atoms with Crippen molar-refractivity contribution in [2.24, 2.45) is 0 Å². The largest absolute Gasteiger partial charge is 0.497 e. The number of hydrogen-bond acceptors (Lipinski definition) is 3. The van der Waals surface area contributed by atoms with Crippen molar-refractivity contribution in [3.63, 3.8) is 0 Å². The second-order valence-electron chi connectivity index (χ2n) is 9.08. The molecule has 1 unspecified atom stereocenters. The maximum atomic E-state index is 12.4. The van der Waals surface area contributed by atoms with Gasteiger partial charge in [0.05, 0.1) is 7.11 Å². The van der Waals surface area contributed by atoms with E-state index < -0.39 is 5.60 Å². The second kappa shape index (κ2) is 9.15. The van der Waals surface area contributed by atoms with E-state index in [1.54, 1.807) is 7.11 Å². The molecule has 3 aromatic carbocycles. The molecule has 3 aromatic rings. The molecule has 31 heavy (non-hydrogen) atoms. The summed E-state index contributed by atoms with van der Waals surface area (Å²) >= 11 is 0. The van der Waals surface area contributed by atoms with Crippen molar-refractivity contribution in [2.75, 3.05) is 26.1 Å². The van der Waals surface area contributed by atoms with Crippen molar-refractivity contribution in [2.45, 2.75) is 45.1 Å². The van der Waals surface area contributed by atoms with Gasteiger partial charge in [0.1, 0.15) is 11.4 Å². The highest BCUT2D eigenvalue weighted by Gasteiger charge is 2.35. The first-order chi connectivity index (χ1) is 14.7. The SMILES string of the molecule is COc1ccc(C(O)(c2ccc(N(C)C)cc2)c2cc(C(C)C)cc(C(C)C)c2)cc1. The molecule has 1 N–H and O–H groups in total. The van der Waals surface area contributed by atoms with Gasteiger partial charge in [-0.15, -0.1) is 0 Å². The predicted molar refractivity (Wildman–Crippen MR) is 130 cm³/mol. The standard InChI is InChI=1S/C28H35NO2/c1-19(2)21-16-22(20(3)4)18-25(17-21)28(30,24-10-14-27(31-7)15-11-24)23-8-12-26(13-9-23)29(5)6/h8-20,30H,1-7H3. The van der Waals surface area contributed by atoms with E-state index in [1.807, 2.05) is 50.5 Å². The molecule has 3 heteroatoms. The van der Waals surface area contributed by atoms with Crippen molar-refractivity contribution >= 4 is 5.69 Å². The maximum absolute atomic E-state index is 12.4. The molecule has 164 valence electrons. The minimum absolute atomic E-state index is 0.369. The highest BCUT2D eigenvalue weighted by molar-refractivity contribution is 5.54. The van der Waals surface area contributed by atoms with Gasteiger partial charge in [-0.05, 0) is 63.9 Å². The third-order valence-corrected chi connectivity index (χ3v) is 6.04. The molecule has 0 saturated heterocycles. The minimum atomic E-state index is -1.27. The lowest BCUT2D eigenvalue weighted by atomic mass is 9.78. The Balaban J connectivity index is 2.27. The van der Waals surface area contributed by atoms with Crippen molar-refractivity contribution in [1.29, 1.82) is 0 Å². The summed E-state index contributed by atoms with van der Waals surface area (Å²) in [5, 5.41) is 12.4. The Hall–Kier alpha value is -2.78. The molecule has 0 fully saturated rings. The van der Waals surface area contributed by atoms with Crippen LogP contribution in [-0.2, 0) is 5.60 Å². The van der Waals surface area contributed by atoms with E-state index in [-0.39, 0.29) is 0 Å². The monoisotopic (exact) mass is 417 g/mol. The van der Waals surface area contributed by atoms with Crippen LogP contribution in [0, 0.1) is 0 Å². The Morgan fingerprint density at radius 2 is 1.16 bits per heavy atom. The van der Waals surface area contributed by atoms with Crippen molar-refractivity contribution in [3.05, 3.63) is 94.5 Å². The molecule has 0 aromatic heterocycles. The van der Waals surface area contributed by atoms with E-state index in [0.717, 1.165) is 28.1 Å². The Kier molecular flexibility index (Phi) is 6.76. The predicted octanol–water partition coefficient (Wildman–Crippen LogP) is 6.29. The summed E-state index contributed by atoms with van der Waals surface area (Å²) in [5.41, 5.74) is 4.85. The van der Waals surface area contributed by atoms with Crippen LogP contribution in [0.15, 0.2) is 66.7 Å². The number of benzene rings is 3. The van der Waals surface area contributed by atoms with Crippen LogP contribution in [-0.4, -0.2) is 26.3 Å². The molecule has 0 aliphatic rings. The zero-order valence-corrected chi connectivity index (χ0v) is 19.8. The topological polar surface area (TPSA) is 32.7 Å². The average Bonchev–Trinajstić information content (AvgIpc) is 2.78. The third-order valence-electron chi connectivity index (χ3n) is 6.04. The van der Waals surface area contributed by atoms with Crippen LogP contribution < -0.4 is 9.64 Å². The van der Waals surface area contributed by atoms with Gasteiger partial charge in [-0.2, -0.15) is 0 Å². The molecule has 0 radical (unpaired) electrons. The molecule has 0 bridgehead atoms. The van der Waals surface area contributed by atoms with E-state index in [4.69, 9.17) is 4.74 Å². The van der Waals surface area contributed by atoms with Crippen LogP contribution in [0.3, 0.4) is 0 Å². The van der Waals surface area contributed by atoms with Gasteiger partial charge in [-0.1, -0.05) is 70.2 Å². The normalized spacial score (nSPS) is 13.4. The van der Waals surface area contributed by atoms with E-state index in [2.05, 4.69) is 62.9 Å². The number of ether oxygens (including phenoxy) is 1. The average molecular weight is 418 g/mol. The highest BCUT2D eigenvalue weighted by atomic mass is 16.5. The fraction of sp³-hybridized carbons (Fsp3) is 0.357. The van der Waals surface area contributed by atoms with Crippen molar-refractivity contribution < 1.29 is 9.84 Å². The number of nitrogens with zero attached hydrogens (tertiary/aromatic N) is 1. The van der Waals surface area contributed by atoms with Crippen molar-refractivity contribution in [1.82, 2.24) is 0 Å². The Morgan fingerprint density at radius 1 is 0.710 bits per heavy atom. The quantitative estimate of drug-likeness (QED) is 0.458. The molecule has 0 amide bonds. The zero-order valence-electron chi connectivity index (χ0n) is 19.8. The highest BCUT2D eigenvalue weighted by Crippen LogP contribution is 2.40. The van der Waals surface area contributed by atoms with Crippen LogP contribution >= 0.6 is 0 Å². The van der Waals surface area contributed by atoms with E-state index in [9.17, 15) is 5.11 Å². The summed E-state index contributed by atoms with van der Waals surface area (Å²) in [6, 6.07) is 22.5. The van der Waals surface area contributed by atoms with Gasteiger partial charge in [0.15, 0.2) is 0 Å². The molecule has 0 spiro atoms. The number of hydrogen-bond donors (Lipinski definition) is 1. The summed E-state index contributed by atoms with van der Waals surface area (Å²) < 4.78 is 5.35. The van der Waals surface area contributed by atoms with Gasteiger partial charge in [-0.3, -0.25) is 0 Å². The van der Waals surface area contributed by atoms with Gasteiger partial charge in [0.2, 0.25) is 0 Å². The van der Waals surface area contributed by atoms with Crippen LogP contribution in [0.2, 0.25) is 0 Å². The molecule has 3 rings (SSSR count). The third kappa shape index (κ3) is 4.62. The summed E-state index contributed by atoms with van der Waals surface area (Å²) in [5.74, 6) is 1.51. The molecular formula is C28H35NO2. The summed E-state index contributed by atoms with van der Waals surface area (Å²) in [6.07, 6.45) is 0. The van der Waals surface area contributed by atoms with Crippen LogP contribution in [0.25, 0.3) is 0 Å². The van der Waals surface area contributed by atoms with Gasteiger partial charge in [-0.25, -0.2) is 0 Å². The van der Waals surface area contributed by atoms with Crippen molar-refractivity contribution in [3.8, 4) is 5.75 Å². The lowest BCUT2D eigenvalue weighted by Crippen LogP contribution is -2.29. The molecule has 0 aliphatic heterocycles. The molecular weight excluding hydrogens is 382 g/mol. The summed E-state index contributed by atoms with van der Waals surface area (Å²) in [6.45, 7) is 8.78. The smallest absolute Gasteiger partial charge is 0.140 e. The Morgan fingerprint density at radius 3 is 1.55 bits per heavy atom. The van der Waals surface area contributed by atoms with Crippen LogP contribution in [0.4, 0.5) is 5.69 Å². The number of aliphatic hydroxyl groups is 1. The van der Waals surface area contributed by atoms with Gasteiger partial charge < -0.3 is 14.7 Å². The molecule has 0 saturated carbocycles. The van der Waals surface area contributed by atoms with Gasteiger partial charge >= 0.3 is 0 Å². The molecule has 1 atom stereocenters. The fourth-order valence-corrected chi connectivity index (χ4v) is 3.89. The number of methoxy groups -OCH3 is 1. The van der Waals surface area contributed by atoms with Crippen LogP contribution in [0.1, 0.15) is 67.3 Å². The first kappa shape index (κ1) is 22.9. The van der Waals surface area contributed by atoms with Crippen LogP contribution in [0.5, 0.6) is 5.75 Å². The van der Waals surface area contributed by atoms with E-state index in [1.165, 1.54) is 11.1 Å². The fourth-order valence-electron chi connectivity index (χ4n) is 3.89. The second-order valence-corrected chi connectivity index (χ2v) is 9.08. The van der Waals surface area contributed by atoms with Gasteiger partial charge in [0, 0.05) is 19.8 Å². The summed E-state index contributed by atoms with van der Waals surface area (Å²) in [7, 11) is 5.69. The summed E-state index contributed by atoms with van der Waals surface area (Å²) in [4.78, 5) is 2.06. The first-order valence-electron chi connectivity index (χ1n) is 11.0. The maximum Gasteiger partial charge on any atom is 0.140 e. The van der Waals surface area contributed by atoms with E-state index >= 15 is 0 Å². The Bertz CT molecular complexity index is 978. The number of anilines is 1. The lowest BCUT2D eigenvalue weighted by molar-refractivity contribution is 0.125.